The Morgan fingerprint density at radius 3 is 2.81 bits per heavy atom. The van der Waals surface area contributed by atoms with Gasteiger partial charge in [-0.1, -0.05) is 0 Å². The summed E-state index contributed by atoms with van der Waals surface area (Å²) in [5.41, 5.74) is 7.10. The van der Waals surface area contributed by atoms with E-state index in [1.165, 1.54) is 10.4 Å². The van der Waals surface area contributed by atoms with Crippen LogP contribution in [-0.2, 0) is 0 Å². The summed E-state index contributed by atoms with van der Waals surface area (Å²) in [4.78, 5) is 1.35. The minimum absolute atomic E-state index is 0.286. The van der Waals surface area contributed by atoms with Gasteiger partial charge in [0.05, 0.1) is 6.04 Å². The van der Waals surface area contributed by atoms with Gasteiger partial charge in [0.25, 0.3) is 0 Å². The normalized spacial score (nSPS) is 12.9. The van der Waals surface area contributed by atoms with E-state index in [1.54, 1.807) is 11.3 Å². The number of aliphatic hydroxyl groups excluding tert-OH is 1. The molecule has 0 saturated heterocycles. The van der Waals surface area contributed by atoms with Crippen LogP contribution in [0.3, 0.4) is 0 Å². The van der Waals surface area contributed by atoms with Crippen molar-refractivity contribution in [2.45, 2.75) is 32.2 Å². The quantitative estimate of drug-likeness (QED) is 0.609. The number of hydrogen-bond donors (Lipinski definition) is 3. The molecular formula is C12H22N2OS. The number of nitrogens with one attached hydrogen (secondary N) is 1. The van der Waals surface area contributed by atoms with Gasteiger partial charge in [0.15, 0.2) is 0 Å². The van der Waals surface area contributed by atoms with Gasteiger partial charge in [0.1, 0.15) is 0 Å². The zero-order valence-corrected chi connectivity index (χ0v) is 10.7. The SMILES string of the molecule is Cc1ccsc1C(CN)NCCCCCO. The third-order valence-corrected chi connectivity index (χ3v) is 3.81. The van der Waals surface area contributed by atoms with Crippen LogP contribution in [0.1, 0.15) is 35.7 Å². The molecular weight excluding hydrogens is 220 g/mol. The Labute approximate surface area is 102 Å². The van der Waals surface area contributed by atoms with Crippen LogP contribution in [0, 0.1) is 6.92 Å². The number of aryl methyl sites for hydroxylation is 1. The Hall–Kier alpha value is -0.420. The van der Waals surface area contributed by atoms with Gasteiger partial charge in [0.2, 0.25) is 0 Å². The summed E-state index contributed by atoms with van der Waals surface area (Å²) in [5, 5.41) is 14.3. The number of hydrogen-bond acceptors (Lipinski definition) is 4. The Bertz CT molecular complexity index is 288. The second-order valence-electron chi connectivity index (χ2n) is 3.99. The first-order valence-corrected chi connectivity index (χ1v) is 6.76. The zero-order valence-electron chi connectivity index (χ0n) is 9.91. The first kappa shape index (κ1) is 13.6. The molecule has 1 heterocycles. The predicted molar refractivity (Wildman–Crippen MR) is 69.8 cm³/mol. The van der Waals surface area contributed by atoms with Crippen molar-refractivity contribution >= 4 is 11.3 Å². The Kier molecular flexibility index (Phi) is 6.64. The maximum atomic E-state index is 8.67. The second-order valence-corrected chi connectivity index (χ2v) is 4.94. The van der Waals surface area contributed by atoms with Crippen LogP contribution in [0.25, 0.3) is 0 Å². The third-order valence-electron chi connectivity index (χ3n) is 2.68. The highest BCUT2D eigenvalue weighted by molar-refractivity contribution is 7.10. The monoisotopic (exact) mass is 242 g/mol. The number of nitrogens with two attached hydrogens (primary N) is 1. The number of unbranched alkanes of at least 4 members (excludes halogenated alkanes) is 2. The summed E-state index contributed by atoms with van der Waals surface area (Å²) in [5.74, 6) is 0. The molecule has 16 heavy (non-hydrogen) atoms. The molecule has 4 N–H and O–H groups in total. The fraction of sp³-hybridized carbons (Fsp3) is 0.667. The van der Waals surface area contributed by atoms with E-state index in [-0.39, 0.29) is 6.04 Å². The Morgan fingerprint density at radius 1 is 1.44 bits per heavy atom. The van der Waals surface area contributed by atoms with Crippen LogP contribution in [0.15, 0.2) is 11.4 Å². The molecule has 0 aliphatic rings. The lowest BCUT2D eigenvalue weighted by Crippen LogP contribution is -2.28. The van der Waals surface area contributed by atoms with Crippen LogP contribution in [0.5, 0.6) is 0 Å². The highest BCUT2D eigenvalue weighted by Crippen LogP contribution is 2.23. The molecule has 0 bridgehead atoms. The molecule has 1 aromatic rings. The number of thiophene rings is 1. The number of aliphatic hydroxyl groups is 1. The van der Waals surface area contributed by atoms with E-state index >= 15 is 0 Å². The molecule has 1 atom stereocenters. The molecule has 1 rings (SSSR count). The van der Waals surface area contributed by atoms with Crippen molar-refractivity contribution in [2.75, 3.05) is 19.7 Å². The van der Waals surface area contributed by atoms with E-state index in [4.69, 9.17) is 10.8 Å². The highest BCUT2D eigenvalue weighted by atomic mass is 32.1. The van der Waals surface area contributed by atoms with Crippen molar-refractivity contribution in [3.63, 3.8) is 0 Å². The summed E-state index contributed by atoms with van der Waals surface area (Å²) in [7, 11) is 0. The van der Waals surface area contributed by atoms with Crippen molar-refractivity contribution in [3.05, 3.63) is 21.9 Å². The van der Waals surface area contributed by atoms with Crippen LogP contribution < -0.4 is 11.1 Å². The average Bonchev–Trinajstić information content (AvgIpc) is 2.70. The lowest BCUT2D eigenvalue weighted by atomic mass is 10.1. The Morgan fingerprint density at radius 2 is 2.25 bits per heavy atom. The molecule has 1 unspecified atom stereocenters. The molecule has 0 spiro atoms. The molecule has 0 aliphatic heterocycles. The summed E-state index contributed by atoms with van der Waals surface area (Å²) >= 11 is 1.77. The van der Waals surface area contributed by atoms with Gasteiger partial charge in [-0.2, -0.15) is 0 Å². The van der Waals surface area contributed by atoms with Crippen LogP contribution in [0.4, 0.5) is 0 Å². The van der Waals surface area contributed by atoms with Crippen molar-refractivity contribution in [1.82, 2.24) is 5.32 Å². The maximum absolute atomic E-state index is 8.67. The van der Waals surface area contributed by atoms with Gasteiger partial charge in [-0.05, 0) is 49.7 Å². The van der Waals surface area contributed by atoms with E-state index in [2.05, 4.69) is 23.7 Å². The molecule has 1 aromatic heterocycles. The molecule has 0 aromatic carbocycles. The molecule has 0 saturated carbocycles. The van der Waals surface area contributed by atoms with Crippen molar-refractivity contribution in [1.29, 1.82) is 0 Å². The lowest BCUT2D eigenvalue weighted by molar-refractivity contribution is 0.282. The van der Waals surface area contributed by atoms with E-state index in [1.807, 2.05) is 0 Å². The highest BCUT2D eigenvalue weighted by Gasteiger charge is 2.12. The third kappa shape index (κ3) is 4.22. The Balaban J connectivity index is 2.30. The molecule has 0 fully saturated rings. The fourth-order valence-electron chi connectivity index (χ4n) is 1.71. The van der Waals surface area contributed by atoms with Gasteiger partial charge in [-0.15, -0.1) is 11.3 Å². The average molecular weight is 242 g/mol. The zero-order chi connectivity index (χ0) is 11.8. The topological polar surface area (TPSA) is 58.3 Å². The molecule has 3 nitrogen and oxygen atoms in total. The van der Waals surface area contributed by atoms with Gasteiger partial charge >= 0.3 is 0 Å². The van der Waals surface area contributed by atoms with E-state index in [0.29, 0.717) is 13.2 Å². The standard InChI is InChI=1S/C12H22N2OS/c1-10-5-8-16-12(10)11(9-13)14-6-3-2-4-7-15/h5,8,11,14-15H,2-4,6-7,9,13H2,1H3. The molecule has 0 radical (unpaired) electrons. The summed E-state index contributed by atoms with van der Waals surface area (Å²) in [6, 6.07) is 2.42. The molecule has 4 heteroatoms. The van der Waals surface area contributed by atoms with Crippen LogP contribution in [0.2, 0.25) is 0 Å². The molecule has 92 valence electrons. The van der Waals surface area contributed by atoms with Crippen molar-refractivity contribution in [3.8, 4) is 0 Å². The summed E-state index contributed by atoms with van der Waals surface area (Å²) < 4.78 is 0. The minimum Gasteiger partial charge on any atom is -0.396 e. The van der Waals surface area contributed by atoms with E-state index in [0.717, 1.165) is 25.8 Å². The molecule has 0 aliphatic carbocycles. The van der Waals surface area contributed by atoms with Crippen molar-refractivity contribution in [2.24, 2.45) is 5.73 Å². The number of rotatable bonds is 8. The van der Waals surface area contributed by atoms with E-state index in [9.17, 15) is 0 Å². The van der Waals surface area contributed by atoms with Crippen LogP contribution >= 0.6 is 11.3 Å². The fourth-order valence-corrected chi connectivity index (χ4v) is 2.73. The van der Waals surface area contributed by atoms with Crippen LogP contribution in [-0.4, -0.2) is 24.8 Å². The minimum atomic E-state index is 0.286. The maximum Gasteiger partial charge on any atom is 0.0541 e. The first-order valence-electron chi connectivity index (χ1n) is 5.88. The summed E-state index contributed by atoms with van der Waals surface area (Å²) in [6.45, 7) is 4.03. The first-order chi connectivity index (χ1) is 7.79. The predicted octanol–water partition coefficient (Wildman–Crippen LogP) is 1.81. The summed E-state index contributed by atoms with van der Waals surface area (Å²) in [6.07, 6.45) is 3.07. The van der Waals surface area contributed by atoms with Gasteiger partial charge in [0, 0.05) is 18.0 Å². The van der Waals surface area contributed by atoms with E-state index < -0.39 is 0 Å². The van der Waals surface area contributed by atoms with Gasteiger partial charge in [-0.3, -0.25) is 0 Å². The second kappa shape index (κ2) is 7.79. The largest absolute Gasteiger partial charge is 0.396 e. The lowest BCUT2D eigenvalue weighted by Gasteiger charge is -2.16. The van der Waals surface area contributed by atoms with Crippen molar-refractivity contribution < 1.29 is 5.11 Å². The van der Waals surface area contributed by atoms with Gasteiger partial charge in [-0.25, -0.2) is 0 Å². The van der Waals surface area contributed by atoms with Gasteiger partial charge < -0.3 is 16.2 Å². The smallest absolute Gasteiger partial charge is 0.0541 e. The molecule has 0 amide bonds.